The first kappa shape index (κ1) is 36.1. The van der Waals surface area contributed by atoms with Gasteiger partial charge in [-0.1, -0.05) is 112 Å². The van der Waals surface area contributed by atoms with Crippen LogP contribution in [0.5, 0.6) is 0 Å². The molecule has 1 heterocycles. The van der Waals surface area contributed by atoms with Crippen molar-refractivity contribution in [3.8, 4) is 11.3 Å². The maximum absolute atomic E-state index is 13.7. The number of hydrogen-bond donors (Lipinski definition) is 3. The van der Waals surface area contributed by atoms with E-state index in [2.05, 4.69) is 36.9 Å². The second kappa shape index (κ2) is 17.0. The van der Waals surface area contributed by atoms with E-state index in [-0.39, 0.29) is 16.6 Å². The Labute approximate surface area is 321 Å². The Balaban J connectivity index is 1.18. The number of carbonyl (C=O) groups excluding carboxylic acids is 3. The minimum absolute atomic E-state index is 0.0298. The maximum atomic E-state index is 13.7. The van der Waals surface area contributed by atoms with Crippen LogP contribution in [0.4, 0.5) is 10.8 Å². The average Bonchev–Trinajstić information content (AvgIpc) is 3.62. The van der Waals surface area contributed by atoms with E-state index in [0.717, 1.165) is 26.2 Å². The third kappa shape index (κ3) is 9.55. The van der Waals surface area contributed by atoms with E-state index in [1.54, 1.807) is 60.7 Å². The summed E-state index contributed by atoms with van der Waals surface area (Å²) in [6, 6.07) is 38.0. The van der Waals surface area contributed by atoms with Gasteiger partial charge in [0, 0.05) is 31.6 Å². The smallest absolute Gasteiger partial charge is 0.272 e. The summed E-state index contributed by atoms with van der Waals surface area (Å²) in [7, 11) is 0. The summed E-state index contributed by atoms with van der Waals surface area (Å²) >= 11 is 18.8. The molecule has 51 heavy (non-hydrogen) atoms. The summed E-state index contributed by atoms with van der Waals surface area (Å²) in [5, 5.41) is 10.9. The van der Waals surface area contributed by atoms with Gasteiger partial charge in [0.1, 0.15) is 10.9 Å². The van der Waals surface area contributed by atoms with Crippen LogP contribution in [-0.4, -0.2) is 22.7 Å². The topological polar surface area (TPSA) is 100 Å². The highest BCUT2D eigenvalue weighted by atomic mass is 79.9. The summed E-state index contributed by atoms with van der Waals surface area (Å²) in [6.45, 7) is 0. The molecular formula is C39H27BrCl2N4O3S2. The highest BCUT2D eigenvalue weighted by Crippen LogP contribution is 2.37. The summed E-state index contributed by atoms with van der Waals surface area (Å²) in [6.07, 6.45) is 1.47. The fraction of sp³-hybridized carbons (Fsp3) is 0.0256. The number of anilines is 2. The number of halogens is 3. The molecule has 6 rings (SSSR count). The van der Waals surface area contributed by atoms with Crippen LogP contribution in [0.3, 0.4) is 0 Å². The lowest BCUT2D eigenvalue weighted by Gasteiger charge is -2.17. The van der Waals surface area contributed by atoms with E-state index < -0.39 is 17.1 Å². The van der Waals surface area contributed by atoms with Crippen LogP contribution in [0, 0.1) is 0 Å². The Hall–Kier alpha value is -4.71. The monoisotopic (exact) mass is 812 g/mol. The van der Waals surface area contributed by atoms with Gasteiger partial charge in [0.15, 0.2) is 5.13 Å². The van der Waals surface area contributed by atoms with Gasteiger partial charge in [-0.15, -0.1) is 23.1 Å². The summed E-state index contributed by atoms with van der Waals surface area (Å²) in [5.41, 5.74) is 3.84. The van der Waals surface area contributed by atoms with Crippen molar-refractivity contribution in [3.05, 3.63) is 170 Å². The second-order valence-electron chi connectivity index (χ2n) is 10.9. The number of amides is 3. The Morgan fingerprint density at radius 2 is 1.47 bits per heavy atom. The predicted octanol–water partition coefficient (Wildman–Crippen LogP) is 10.8. The van der Waals surface area contributed by atoms with E-state index in [0.29, 0.717) is 27.0 Å². The van der Waals surface area contributed by atoms with Gasteiger partial charge in [-0.2, -0.15) is 0 Å². The molecule has 0 aliphatic heterocycles. The zero-order valence-electron chi connectivity index (χ0n) is 26.5. The van der Waals surface area contributed by atoms with E-state index in [1.165, 1.54) is 29.2 Å². The van der Waals surface area contributed by atoms with Gasteiger partial charge in [0.25, 0.3) is 11.8 Å². The molecule has 0 saturated heterocycles. The molecule has 5 aromatic carbocycles. The molecule has 0 fully saturated rings. The minimum Gasteiger partial charge on any atom is -0.321 e. The largest absolute Gasteiger partial charge is 0.321 e. The number of nitrogens with zero attached hydrogens (tertiary/aromatic N) is 1. The zero-order chi connectivity index (χ0) is 35.7. The van der Waals surface area contributed by atoms with Crippen molar-refractivity contribution >= 4 is 96.8 Å². The van der Waals surface area contributed by atoms with Gasteiger partial charge >= 0.3 is 0 Å². The predicted molar refractivity (Wildman–Crippen MR) is 212 cm³/mol. The van der Waals surface area contributed by atoms with Crippen molar-refractivity contribution in [1.82, 2.24) is 10.3 Å². The number of hydrogen-bond acceptors (Lipinski definition) is 6. The van der Waals surface area contributed by atoms with Crippen molar-refractivity contribution in [2.75, 3.05) is 10.6 Å². The molecule has 0 aliphatic carbocycles. The SMILES string of the molecule is O=C(Nc1ccc(SC(C(=O)Nc2nc(-c3ccc(Br)cc3)cs2)c2ccccc2)cc1)/C(=C/c1cccc(Cl)c1Cl)NC(=O)c1ccccc1. The molecule has 0 aliphatic rings. The molecule has 3 N–H and O–H groups in total. The lowest BCUT2D eigenvalue weighted by Crippen LogP contribution is -2.30. The molecule has 7 nitrogen and oxygen atoms in total. The lowest BCUT2D eigenvalue weighted by atomic mass is 10.1. The number of aromatic nitrogens is 1. The summed E-state index contributed by atoms with van der Waals surface area (Å²) in [4.78, 5) is 45.7. The molecular weight excluding hydrogens is 787 g/mol. The summed E-state index contributed by atoms with van der Waals surface area (Å²) in [5.74, 6) is -1.25. The normalized spacial score (nSPS) is 11.8. The first-order valence-corrected chi connectivity index (χ1v) is 18.7. The van der Waals surface area contributed by atoms with Crippen LogP contribution in [0.25, 0.3) is 17.3 Å². The number of thiazole rings is 1. The number of rotatable bonds is 11. The first-order chi connectivity index (χ1) is 24.7. The standard InChI is InChI=1S/C39H27BrCl2N4O3S2/c40-28-16-14-24(15-17-28)33-23-50-39(45-33)46-38(49)35(25-8-3-1-4-9-25)51-30-20-18-29(19-21-30)43-37(48)32(22-27-12-7-13-31(41)34(27)42)44-36(47)26-10-5-2-6-11-26/h1-23,35H,(H,43,48)(H,44,47)(H,45,46,49)/b32-22-. The third-order valence-electron chi connectivity index (χ3n) is 7.39. The highest BCUT2D eigenvalue weighted by Gasteiger charge is 2.24. The molecule has 0 saturated carbocycles. The maximum Gasteiger partial charge on any atom is 0.272 e. The molecule has 1 aromatic heterocycles. The van der Waals surface area contributed by atoms with Crippen LogP contribution >= 0.6 is 62.2 Å². The van der Waals surface area contributed by atoms with Crippen molar-refractivity contribution in [2.45, 2.75) is 10.1 Å². The van der Waals surface area contributed by atoms with Crippen molar-refractivity contribution in [3.63, 3.8) is 0 Å². The second-order valence-corrected chi connectivity index (χ2v) is 14.7. The molecule has 0 spiro atoms. The quantitative estimate of drug-likeness (QED) is 0.0893. The van der Waals surface area contributed by atoms with Crippen LogP contribution < -0.4 is 16.0 Å². The van der Waals surface area contributed by atoms with Gasteiger partial charge in [0.05, 0.1) is 15.7 Å². The van der Waals surface area contributed by atoms with Crippen molar-refractivity contribution in [1.29, 1.82) is 0 Å². The van der Waals surface area contributed by atoms with Gasteiger partial charge in [0.2, 0.25) is 5.91 Å². The molecule has 254 valence electrons. The molecule has 0 bridgehead atoms. The van der Waals surface area contributed by atoms with Crippen LogP contribution in [0.2, 0.25) is 10.0 Å². The number of nitrogens with one attached hydrogen (secondary N) is 3. The van der Waals surface area contributed by atoms with E-state index in [4.69, 9.17) is 23.2 Å². The molecule has 12 heteroatoms. The molecule has 1 atom stereocenters. The van der Waals surface area contributed by atoms with Gasteiger partial charge in [-0.3, -0.25) is 14.4 Å². The van der Waals surface area contributed by atoms with E-state index >= 15 is 0 Å². The Morgan fingerprint density at radius 3 is 2.18 bits per heavy atom. The lowest BCUT2D eigenvalue weighted by molar-refractivity contribution is -0.116. The third-order valence-corrected chi connectivity index (χ3v) is 10.8. The average molecular weight is 815 g/mol. The first-order valence-electron chi connectivity index (χ1n) is 15.4. The van der Waals surface area contributed by atoms with E-state index in [9.17, 15) is 14.4 Å². The van der Waals surface area contributed by atoms with Crippen molar-refractivity contribution < 1.29 is 14.4 Å². The van der Waals surface area contributed by atoms with E-state index in [1.807, 2.05) is 72.1 Å². The molecule has 6 aromatic rings. The van der Waals surface area contributed by atoms with Gasteiger partial charge in [-0.05, 0) is 71.8 Å². The highest BCUT2D eigenvalue weighted by molar-refractivity contribution is 9.10. The van der Waals surface area contributed by atoms with Crippen LogP contribution in [-0.2, 0) is 9.59 Å². The fourth-order valence-corrected chi connectivity index (χ4v) is 7.21. The van der Waals surface area contributed by atoms with Crippen LogP contribution in [0.1, 0.15) is 26.7 Å². The zero-order valence-corrected chi connectivity index (χ0v) is 31.2. The Morgan fingerprint density at radius 1 is 0.784 bits per heavy atom. The molecule has 3 amide bonds. The summed E-state index contributed by atoms with van der Waals surface area (Å²) < 4.78 is 0.973. The fourth-order valence-electron chi connectivity index (χ4n) is 4.84. The minimum atomic E-state index is -0.586. The van der Waals surface area contributed by atoms with Crippen molar-refractivity contribution in [2.24, 2.45) is 0 Å². The molecule has 1 unspecified atom stereocenters. The number of carbonyl (C=O) groups is 3. The number of benzene rings is 5. The Bertz CT molecular complexity index is 2200. The van der Waals surface area contributed by atoms with Crippen LogP contribution in [0.15, 0.2) is 148 Å². The van der Waals surface area contributed by atoms with Gasteiger partial charge in [-0.25, -0.2) is 4.98 Å². The number of thioether (sulfide) groups is 1. The molecule has 0 radical (unpaired) electrons. The van der Waals surface area contributed by atoms with Gasteiger partial charge < -0.3 is 16.0 Å². The Kier molecular flexibility index (Phi) is 12.0.